The standard InChI is InChI=1S/C31H33NO4/c1-3-10-21-17-22(18-27(35-4-2)31(21)36-19-20-11-6-5-7-12-20)28-29-23(13-8-15-25(29)33)32-24-14-9-16-26(34)30(24)28/h3,5-7,11-12,17-18,28,32H,1,4,8-10,13-16,19H2,2H3. The molecule has 5 nitrogen and oxygen atoms in total. The van der Waals surface area contributed by atoms with Crippen LogP contribution < -0.4 is 14.8 Å². The van der Waals surface area contributed by atoms with Crippen LogP contribution >= 0.6 is 0 Å². The third-order valence-electron chi connectivity index (χ3n) is 7.17. The first-order chi connectivity index (χ1) is 17.6. The molecule has 0 saturated heterocycles. The molecule has 0 atom stereocenters. The van der Waals surface area contributed by atoms with E-state index in [9.17, 15) is 9.59 Å². The van der Waals surface area contributed by atoms with Gasteiger partial charge in [-0.1, -0.05) is 42.5 Å². The van der Waals surface area contributed by atoms with E-state index in [1.165, 1.54) is 0 Å². The molecular weight excluding hydrogens is 450 g/mol. The van der Waals surface area contributed by atoms with Gasteiger partial charge in [0, 0.05) is 46.9 Å². The molecule has 0 saturated carbocycles. The normalized spacial score (nSPS) is 17.9. The van der Waals surface area contributed by atoms with Crippen LogP contribution in [0.3, 0.4) is 0 Å². The van der Waals surface area contributed by atoms with Gasteiger partial charge in [0.25, 0.3) is 0 Å². The quantitative estimate of drug-likeness (QED) is 0.460. The summed E-state index contributed by atoms with van der Waals surface area (Å²) >= 11 is 0. The van der Waals surface area contributed by atoms with Crippen molar-refractivity contribution in [3.63, 3.8) is 0 Å². The molecular formula is C31H33NO4. The van der Waals surface area contributed by atoms with Gasteiger partial charge in [-0.25, -0.2) is 0 Å². The van der Waals surface area contributed by atoms with Crippen molar-refractivity contribution in [2.75, 3.05) is 6.61 Å². The average molecular weight is 484 g/mol. The summed E-state index contributed by atoms with van der Waals surface area (Å²) in [5.74, 6) is 1.21. The Morgan fingerprint density at radius 2 is 1.61 bits per heavy atom. The van der Waals surface area contributed by atoms with Crippen LogP contribution in [0.25, 0.3) is 0 Å². The minimum Gasteiger partial charge on any atom is -0.490 e. The molecule has 2 aromatic rings. The molecule has 0 spiro atoms. The molecule has 0 fully saturated rings. The van der Waals surface area contributed by atoms with Gasteiger partial charge in [0.1, 0.15) is 6.61 Å². The van der Waals surface area contributed by atoms with E-state index in [1.807, 2.05) is 49.4 Å². The maximum absolute atomic E-state index is 13.2. The van der Waals surface area contributed by atoms with Crippen LogP contribution in [0, 0.1) is 0 Å². The van der Waals surface area contributed by atoms with E-state index in [1.54, 1.807) is 0 Å². The Bertz CT molecular complexity index is 1210. The summed E-state index contributed by atoms with van der Waals surface area (Å²) in [4.78, 5) is 26.5. The van der Waals surface area contributed by atoms with Gasteiger partial charge >= 0.3 is 0 Å². The number of hydrogen-bond acceptors (Lipinski definition) is 5. The van der Waals surface area contributed by atoms with Gasteiger partial charge in [-0.05, 0) is 56.2 Å². The van der Waals surface area contributed by atoms with Crippen LogP contribution in [0.4, 0.5) is 0 Å². The average Bonchev–Trinajstić information content (AvgIpc) is 2.88. The number of hydrogen-bond donors (Lipinski definition) is 1. The fraction of sp³-hybridized carbons (Fsp3) is 0.355. The second-order valence-corrected chi connectivity index (χ2v) is 9.60. The lowest BCUT2D eigenvalue weighted by Gasteiger charge is -2.37. The van der Waals surface area contributed by atoms with Gasteiger partial charge in [0.15, 0.2) is 23.1 Å². The second-order valence-electron chi connectivity index (χ2n) is 9.60. The van der Waals surface area contributed by atoms with Crippen molar-refractivity contribution in [2.45, 2.75) is 64.4 Å². The van der Waals surface area contributed by atoms with Gasteiger partial charge in [-0.2, -0.15) is 0 Å². The van der Waals surface area contributed by atoms with Crippen LogP contribution in [0.2, 0.25) is 0 Å². The van der Waals surface area contributed by atoms with Gasteiger partial charge < -0.3 is 14.8 Å². The highest BCUT2D eigenvalue weighted by Crippen LogP contribution is 2.47. The number of ether oxygens (including phenoxy) is 2. The summed E-state index contributed by atoms with van der Waals surface area (Å²) < 4.78 is 12.4. The molecule has 186 valence electrons. The number of ketones is 2. The van der Waals surface area contributed by atoms with Gasteiger partial charge in [-0.15, -0.1) is 6.58 Å². The maximum Gasteiger partial charge on any atom is 0.165 e. The van der Waals surface area contributed by atoms with Crippen LogP contribution in [0.15, 0.2) is 77.7 Å². The number of carbonyl (C=O) groups excluding carboxylic acids is 2. The largest absolute Gasteiger partial charge is 0.490 e. The number of benzene rings is 2. The van der Waals surface area contributed by atoms with Crippen molar-refractivity contribution in [1.29, 1.82) is 0 Å². The zero-order valence-electron chi connectivity index (χ0n) is 20.9. The van der Waals surface area contributed by atoms with Crippen molar-refractivity contribution in [2.24, 2.45) is 0 Å². The molecule has 0 amide bonds. The van der Waals surface area contributed by atoms with E-state index in [0.717, 1.165) is 64.9 Å². The lowest BCUT2D eigenvalue weighted by molar-refractivity contribution is -0.117. The Labute approximate surface area is 212 Å². The van der Waals surface area contributed by atoms with Crippen molar-refractivity contribution in [3.05, 3.63) is 94.4 Å². The van der Waals surface area contributed by atoms with Crippen LogP contribution in [-0.4, -0.2) is 18.2 Å². The molecule has 5 heteroatoms. The van der Waals surface area contributed by atoms with Crippen LogP contribution in [0.5, 0.6) is 11.5 Å². The molecule has 0 unspecified atom stereocenters. The maximum atomic E-state index is 13.2. The predicted octanol–water partition coefficient (Wildman–Crippen LogP) is 6.09. The second kappa shape index (κ2) is 10.6. The van der Waals surface area contributed by atoms with E-state index in [2.05, 4.69) is 18.0 Å². The summed E-state index contributed by atoms with van der Waals surface area (Å²) in [5.41, 5.74) is 6.39. The topological polar surface area (TPSA) is 64.6 Å². The number of allylic oxidation sites excluding steroid dienone is 5. The Kier molecular flexibility index (Phi) is 7.08. The van der Waals surface area contributed by atoms with Gasteiger partial charge in [0.2, 0.25) is 0 Å². The third kappa shape index (κ3) is 4.62. The molecule has 0 radical (unpaired) electrons. The van der Waals surface area contributed by atoms with Crippen molar-refractivity contribution < 1.29 is 19.1 Å². The zero-order valence-corrected chi connectivity index (χ0v) is 20.9. The summed E-state index contributed by atoms with van der Waals surface area (Å²) in [6.07, 6.45) is 6.81. The number of rotatable bonds is 8. The van der Waals surface area contributed by atoms with Crippen LogP contribution in [-0.2, 0) is 22.6 Å². The minimum absolute atomic E-state index is 0.131. The molecule has 0 aromatic heterocycles. The molecule has 1 N–H and O–H groups in total. The van der Waals surface area contributed by atoms with E-state index in [-0.39, 0.29) is 17.5 Å². The van der Waals surface area contributed by atoms with Gasteiger partial charge in [-0.3, -0.25) is 9.59 Å². The molecule has 2 aliphatic carbocycles. The Hall–Kier alpha value is -3.60. The monoisotopic (exact) mass is 483 g/mol. The number of nitrogens with one attached hydrogen (secondary N) is 1. The molecule has 36 heavy (non-hydrogen) atoms. The Balaban J connectivity index is 1.63. The Morgan fingerprint density at radius 3 is 2.22 bits per heavy atom. The number of carbonyl (C=O) groups is 2. The lowest BCUT2D eigenvalue weighted by Crippen LogP contribution is -2.36. The first-order valence-corrected chi connectivity index (χ1v) is 13.0. The summed E-state index contributed by atoms with van der Waals surface area (Å²) in [5, 5.41) is 3.49. The smallest absolute Gasteiger partial charge is 0.165 e. The molecule has 3 aliphatic rings. The zero-order chi connectivity index (χ0) is 25.1. The summed E-state index contributed by atoms with van der Waals surface area (Å²) in [7, 11) is 0. The van der Waals surface area contributed by atoms with Crippen LogP contribution in [0.1, 0.15) is 68.1 Å². The first kappa shape index (κ1) is 24.1. The van der Waals surface area contributed by atoms with E-state index in [0.29, 0.717) is 44.0 Å². The van der Waals surface area contributed by atoms with E-state index >= 15 is 0 Å². The molecule has 1 heterocycles. The molecule has 5 rings (SSSR count). The predicted molar refractivity (Wildman–Crippen MR) is 140 cm³/mol. The number of Topliss-reactive ketones (excluding diaryl/α,β-unsaturated/α-hetero) is 2. The summed E-state index contributed by atoms with van der Waals surface area (Å²) in [6, 6.07) is 14.1. The summed E-state index contributed by atoms with van der Waals surface area (Å²) in [6.45, 7) is 6.79. The minimum atomic E-state index is -0.372. The number of dihydropyridines is 1. The van der Waals surface area contributed by atoms with Crippen molar-refractivity contribution >= 4 is 11.6 Å². The van der Waals surface area contributed by atoms with E-state index in [4.69, 9.17) is 9.47 Å². The highest BCUT2D eigenvalue weighted by molar-refractivity contribution is 6.06. The molecule has 0 bridgehead atoms. The highest BCUT2D eigenvalue weighted by atomic mass is 16.5. The van der Waals surface area contributed by atoms with Gasteiger partial charge in [0.05, 0.1) is 6.61 Å². The fourth-order valence-corrected chi connectivity index (χ4v) is 5.63. The Morgan fingerprint density at radius 1 is 0.944 bits per heavy atom. The van der Waals surface area contributed by atoms with Crippen molar-refractivity contribution in [3.8, 4) is 11.5 Å². The third-order valence-corrected chi connectivity index (χ3v) is 7.17. The van der Waals surface area contributed by atoms with Crippen molar-refractivity contribution in [1.82, 2.24) is 5.32 Å². The highest BCUT2D eigenvalue weighted by Gasteiger charge is 2.40. The fourth-order valence-electron chi connectivity index (χ4n) is 5.63. The first-order valence-electron chi connectivity index (χ1n) is 13.0. The van der Waals surface area contributed by atoms with E-state index < -0.39 is 0 Å². The molecule has 2 aromatic carbocycles. The lowest BCUT2D eigenvalue weighted by atomic mass is 9.71. The molecule has 1 aliphatic heterocycles. The SMILES string of the molecule is C=CCc1cc(C2C3=C(CCCC3=O)NC3=C2C(=O)CCC3)cc(OCC)c1OCc1ccccc1.